The zero-order chi connectivity index (χ0) is 17.9. The lowest BCUT2D eigenvalue weighted by molar-refractivity contribution is 0.132. The zero-order valence-electron chi connectivity index (χ0n) is 13.2. The molecule has 9 heteroatoms. The maximum atomic E-state index is 12.8. The fourth-order valence-electron chi connectivity index (χ4n) is 2.73. The summed E-state index contributed by atoms with van der Waals surface area (Å²) >= 11 is 5.86. The Morgan fingerprint density at radius 1 is 1.16 bits per heavy atom. The molecule has 0 radical (unpaired) electrons. The van der Waals surface area contributed by atoms with Crippen LogP contribution in [-0.4, -0.2) is 30.5 Å². The van der Waals surface area contributed by atoms with Gasteiger partial charge in [0.25, 0.3) is 0 Å². The van der Waals surface area contributed by atoms with Crippen molar-refractivity contribution in [3.63, 3.8) is 0 Å². The van der Waals surface area contributed by atoms with Gasteiger partial charge >= 0.3 is 6.01 Å². The van der Waals surface area contributed by atoms with E-state index in [0.29, 0.717) is 30.7 Å². The molecule has 2 aromatic rings. The molecule has 0 saturated heterocycles. The Bertz CT molecular complexity index is 825. The minimum atomic E-state index is -3.61. The highest BCUT2D eigenvalue weighted by Gasteiger charge is 2.27. The van der Waals surface area contributed by atoms with E-state index in [1.54, 1.807) is 12.1 Å². The molecule has 0 unspecified atom stereocenters. The van der Waals surface area contributed by atoms with Gasteiger partial charge in [-0.1, -0.05) is 17.7 Å². The molecule has 1 aliphatic carbocycles. The van der Waals surface area contributed by atoms with Crippen LogP contribution in [0.2, 0.25) is 5.02 Å². The molecule has 1 aliphatic rings. The van der Waals surface area contributed by atoms with E-state index < -0.39 is 15.8 Å². The van der Waals surface area contributed by atoms with Gasteiger partial charge in [-0.2, -0.15) is 0 Å². The van der Waals surface area contributed by atoms with Crippen molar-refractivity contribution < 1.29 is 17.5 Å². The van der Waals surface area contributed by atoms with Crippen molar-refractivity contribution in [1.29, 1.82) is 0 Å². The highest BCUT2D eigenvalue weighted by molar-refractivity contribution is 7.89. The third-order valence-electron chi connectivity index (χ3n) is 3.97. The van der Waals surface area contributed by atoms with Crippen LogP contribution in [0, 0.1) is 5.82 Å². The summed E-state index contributed by atoms with van der Waals surface area (Å²) in [7, 11) is -3.61. The summed E-state index contributed by atoms with van der Waals surface area (Å²) in [5.41, 5.74) is 0. The average Bonchev–Trinajstić information content (AvgIpc) is 2.58. The summed E-state index contributed by atoms with van der Waals surface area (Å²) in [5.74, 6) is -0.522. The molecule has 3 rings (SSSR count). The van der Waals surface area contributed by atoms with Crippen LogP contribution in [0.15, 0.2) is 41.6 Å². The third-order valence-corrected chi connectivity index (χ3v) is 5.72. The Hall–Kier alpha value is -1.77. The van der Waals surface area contributed by atoms with Crippen LogP contribution in [0.5, 0.6) is 6.01 Å². The first-order valence-electron chi connectivity index (χ1n) is 7.84. The largest absolute Gasteiger partial charge is 0.460 e. The lowest BCUT2D eigenvalue weighted by atomic mass is 9.94. The molecule has 1 N–H and O–H groups in total. The number of ether oxygens (including phenoxy) is 1. The molecule has 134 valence electrons. The highest BCUT2D eigenvalue weighted by atomic mass is 35.5. The van der Waals surface area contributed by atoms with E-state index in [0.717, 1.165) is 12.4 Å². The van der Waals surface area contributed by atoms with Crippen LogP contribution >= 0.6 is 11.6 Å². The number of nitrogens with zero attached hydrogens (tertiary/aromatic N) is 2. The number of halogens is 2. The van der Waals surface area contributed by atoms with Crippen molar-refractivity contribution >= 4 is 21.6 Å². The van der Waals surface area contributed by atoms with Crippen molar-refractivity contribution in [3.8, 4) is 6.01 Å². The minimum absolute atomic E-state index is 0.114. The summed E-state index contributed by atoms with van der Waals surface area (Å²) in [6, 6.07) is 6.12. The third kappa shape index (κ3) is 4.87. The minimum Gasteiger partial charge on any atom is -0.460 e. The number of hydrogen-bond donors (Lipinski definition) is 1. The van der Waals surface area contributed by atoms with Crippen LogP contribution in [0.1, 0.15) is 25.7 Å². The van der Waals surface area contributed by atoms with Gasteiger partial charge in [0.1, 0.15) is 6.10 Å². The smallest absolute Gasteiger partial charge is 0.316 e. The number of sulfonamides is 1. The number of benzene rings is 1. The Kier molecular flexibility index (Phi) is 5.51. The van der Waals surface area contributed by atoms with E-state index in [1.807, 2.05) is 0 Å². The number of rotatable bonds is 5. The summed E-state index contributed by atoms with van der Waals surface area (Å²) in [5, 5.41) is 0.374. The van der Waals surface area contributed by atoms with Crippen LogP contribution in [0.4, 0.5) is 4.39 Å². The summed E-state index contributed by atoms with van der Waals surface area (Å²) < 4.78 is 45.9. The Morgan fingerprint density at radius 2 is 1.84 bits per heavy atom. The van der Waals surface area contributed by atoms with E-state index in [4.69, 9.17) is 16.3 Å². The first-order chi connectivity index (χ1) is 11.9. The number of hydrogen-bond acceptors (Lipinski definition) is 5. The first-order valence-corrected chi connectivity index (χ1v) is 9.70. The molecule has 0 bridgehead atoms. The van der Waals surface area contributed by atoms with E-state index in [9.17, 15) is 12.8 Å². The van der Waals surface area contributed by atoms with Gasteiger partial charge in [-0.05, 0) is 43.9 Å². The Balaban J connectivity index is 1.54. The second kappa shape index (κ2) is 7.63. The van der Waals surface area contributed by atoms with Gasteiger partial charge in [0.2, 0.25) is 10.0 Å². The van der Waals surface area contributed by atoms with Gasteiger partial charge in [0, 0.05) is 11.1 Å². The standard InChI is InChI=1S/C16H17ClFN3O3S/c17-11-2-1-3-15(8-11)25(22,23)21-13-4-6-14(7-5-13)24-16-19-9-12(18)10-20-16/h1-3,8-10,13-14,21H,4-7H2. The fourth-order valence-corrected chi connectivity index (χ4v) is 4.34. The quantitative estimate of drug-likeness (QED) is 0.855. The van der Waals surface area contributed by atoms with Crippen LogP contribution in [0.25, 0.3) is 0 Å². The van der Waals surface area contributed by atoms with Gasteiger partial charge in [0.15, 0.2) is 5.82 Å². The van der Waals surface area contributed by atoms with Crippen molar-refractivity contribution in [2.24, 2.45) is 0 Å². The first kappa shape index (κ1) is 18.0. The van der Waals surface area contributed by atoms with E-state index in [1.165, 1.54) is 12.1 Å². The molecule has 0 atom stereocenters. The molecule has 1 aromatic carbocycles. The fraction of sp³-hybridized carbons (Fsp3) is 0.375. The maximum absolute atomic E-state index is 12.8. The highest BCUT2D eigenvalue weighted by Crippen LogP contribution is 2.24. The van der Waals surface area contributed by atoms with Gasteiger partial charge in [-0.3, -0.25) is 0 Å². The van der Waals surface area contributed by atoms with Crippen LogP contribution in [0.3, 0.4) is 0 Å². The second-order valence-corrected chi connectivity index (χ2v) is 8.00. The van der Waals surface area contributed by atoms with Crippen molar-refractivity contribution in [3.05, 3.63) is 47.5 Å². The Labute approximate surface area is 150 Å². The van der Waals surface area contributed by atoms with Gasteiger partial charge < -0.3 is 4.74 Å². The van der Waals surface area contributed by atoms with Crippen molar-refractivity contribution in [1.82, 2.24) is 14.7 Å². The molecule has 1 aromatic heterocycles. The normalized spacial score (nSPS) is 21.0. The van der Waals surface area contributed by atoms with E-state index in [2.05, 4.69) is 14.7 Å². The van der Waals surface area contributed by atoms with Gasteiger partial charge in [-0.15, -0.1) is 0 Å². The Morgan fingerprint density at radius 3 is 2.48 bits per heavy atom. The topological polar surface area (TPSA) is 81.2 Å². The summed E-state index contributed by atoms with van der Waals surface area (Å²) in [6.07, 6.45) is 4.56. The number of aromatic nitrogens is 2. The van der Waals surface area contributed by atoms with E-state index in [-0.39, 0.29) is 23.1 Å². The lowest BCUT2D eigenvalue weighted by Crippen LogP contribution is -2.39. The monoisotopic (exact) mass is 385 g/mol. The molecule has 0 amide bonds. The van der Waals surface area contributed by atoms with Crippen molar-refractivity contribution in [2.45, 2.75) is 42.7 Å². The molecule has 1 saturated carbocycles. The molecular formula is C16H17ClFN3O3S. The predicted octanol–water partition coefficient (Wildman–Crippen LogP) is 2.94. The van der Waals surface area contributed by atoms with Crippen LogP contribution in [-0.2, 0) is 10.0 Å². The predicted molar refractivity (Wildman–Crippen MR) is 90.4 cm³/mol. The molecular weight excluding hydrogens is 369 g/mol. The molecule has 0 spiro atoms. The van der Waals surface area contributed by atoms with E-state index >= 15 is 0 Å². The van der Waals surface area contributed by atoms with Crippen molar-refractivity contribution in [2.75, 3.05) is 0 Å². The second-order valence-electron chi connectivity index (χ2n) is 5.85. The van der Waals surface area contributed by atoms with Gasteiger partial charge in [-0.25, -0.2) is 27.5 Å². The summed E-state index contributed by atoms with van der Waals surface area (Å²) in [4.78, 5) is 7.68. The lowest BCUT2D eigenvalue weighted by Gasteiger charge is -2.28. The average molecular weight is 386 g/mol. The van der Waals surface area contributed by atoms with Gasteiger partial charge in [0.05, 0.1) is 17.3 Å². The molecule has 0 aliphatic heterocycles. The number of nitrogens with one attached hydrogen (secondary N) is 1. The maximum Gasteiger partial charge on any atom is 0.316 e. The zero-order valence-corrected chi connectivity index (χ0v) is 14.8. The molecule has 6 nitrogen and oxygen atoms in total. The molecule has 25 heavy (non-hydrogen) atoms. The molecule has 1 fully saturated rings. The SMILES string of the molecule is O=S(=O)(NC1CCC(Oc2ncc(F)cn2)CC1)c1cccc(Cl)c1. The molecule has 1 heterocycles. The van der Waals surface area contributed by atoms with Crippen LogP contribution < -0.4 is 9.46 Å². The summed E-state index contributed by atoms with van der Waals surface area (Å²) in [6.45, 7) is 0.